The van der Waals surface area contributed by atoms with Crippen LogP contribution in [-0.4, -0.2) is 15.9 Å². The first-order chi connectivity index (χ1) is 14.2. The number of pyridine rings is 2. The van der Waals surface area contributed by atoms with Crippen molar-refractivity contribution in [2.24, 2.45) is 0 Å². The van der Waals surface area contributed by atoms with Gasteiger partial charge in [-0.25, -0.2) is 13.8 Å². The molecule has 1 aliphatic carbocycles. The maximum Gasteiger partial charge on any atom is 0.417 e. The van der Waals surface area contributed by atoms with Gasteiger partial charge in [0.1, 0.15) is 11.4 Å². The van der Waals surface area contributed by atoms with Crippen LogP contribution >= 0.6 is 0 Å². The Morgan fingerprint density at radius 2 is 1.63 bits per heavy atom. The van der Waals surface area contributed by atoms with Gasteiger partial charge in [-0.2, -0.15) is 13.2 Å². The Kier molecular flexibility index (Phi) is 4.97. The van der Waals surface area contributed by atoms with Crippen LogP contribution in [0.5, 0.6) is 0 Å². The fourth-order valence-corrected chi connectivity index (χ4v) is 3.53. The molecule has 1 amide bonds. The first-order valence-electron chi connectivity index (χ1n) is 9.04. The molecule has 0 saturated carbocycles. The minimum atomic E-state index is -4.53. The van der Waals surface area contributed by atoms with E-state index in [2.05, 4.69) is 15.3 Å². The fourth-order valence-electron chi connectivity index (χ4n) is 3.53. The molecule has 9 heteroatoms. The quantitative estimate of drug-likeness (QED) is 0.595. The number of alkyl halides is 3. The van der Waals surface area contributed by atoms with Gasteiger partial charge in [-0.05, 0) is 54.2 Å². The van der Waals surface area contributed by atoms with Gasteiger partial charge in [-0.3, -0.25) is 9.78 Å². The van der Waals surface area contributed by atoms with Crippen LogP contribution in [0.4, 0.5) is 27.8 Å². The average Bonchev–Trinajstić information content (AvgIpc) is 3.14. The van der Waals surface area contributed by atoms with Gasteiger partial charge >= 0.3 is 6.18 Å². The normalized spacial score (nSPS) is 13.2. The molecule has 1 aromatic carbocycles. The number of hydrogen-bond donors (Lipinski definition) is 1. The second-order valence-electron chi connectivity index (χ2n) is 6.88. The van der Waals surface area contributed by atoms with Gasteiger partial charge in [0, 0.05) is 11.8 Å². The smallest absolute Gasteiger partial charge is 0.306 e. The summed E-state index contributed by atoms with van der Waals surface area (Å²) >= 11 is 0. The van der Waals surface area contributed by atoms with Gasteiger partial charge in [0.15, 0.2) is 11.6 Å². The van der Waals surface area contributed by atoms with Crippen molar-refractivity contribution in [3.63, 3.8) is 0 Å². The zero-order valence-corrected chi connectivity index (χ0v) is 15.4. The van der Waals surface area contributed by atoms with E-state index in [1.807, 2.05) is 0 Å². The molecule has 0 fully saturated rings. The fraction of sp³-hybridized carbons (Fsp3) is 0.190. The Labute approximate surface area is 167 Å². The number of carbonyl (C=O) groups is 1. The number of nitrogens with one attached hydrogen (secondary N) is 1. The Hall–Kier alpha value is -3.36. The number of carbonyl (C=O) groups excluding carboxylic acids is 1. The second kappa shape index (κ2) is 7.47. The van der Waals surface area contributed by atoms with Gasteiger partial charge in [-0.1, -0.05) is 6.07 Å². The van der Waals surface area contributed by atoms with E-state index >= 15 is 0 Å². The minimum Gasteiger partial charge on any atom is -0.306 e. The van der Waals surface area contributed by atoms with Crippen molar-refractivity contribution in [1.29, 1.82) is 0 Å². The van der Waals surface area contributed by atoms with E-state index in [4.69, 9.17) is 0 Å². The highest BCUT2D eigenvalue weighted by Gasteiger charge is 2.35. The third kappa shape index (κ3) is 3.74. The zero-order valence-electron chi connectivity index (χ0n) is 15.4. The lowest BCUT2D eigenvalue weighted by molar-refractivity contribution is -0.137. The topological polar surface area (TPSA) is 54.9 Å². The van der Waals surface area contributed by atoms with Crippen molar-refractivity contribution >= 4 is 11.7 Å². The first kappa shape index (κ1) is 19.9. The molecule has 0 aliphatic heterocycles. The van der Waals surface area contributed by atoms with E-state index in [0.717, 1.165) is 12.0 Å². The van der Waals surface area contributed by atoms with E-state index < -0.39 is 34.8 Å². The summed E-state index contributed by atoms with van der Waals surface area (Å²) in [7, 11) is 0. The number of halogens is 5. The largest absolute Gasteiger partial charge is 0.417 e. The molecule has 3 aromatic rings. The number of aromatic nitrogens is 2. The first-order valence-corrected chi connectivity index (χ1v) is 9.04. The minimum absolute atomic E-state index is 0.000232. The number of fused-ring (bicyclic) bond motifs is 1. The van der Waals surface area contributed by atoms with Crippen LogP contribution in [0.15, 0.2) is 42.9 Å². The van der Waals surface area contributed by atoms with Crippen LogP contribution < -0.4 is 5.32 Å². The van der Waals surface area contributed by atoms with Gasteiger partial charge in [0.25, 0.3) is 5.91 Å². The molecule has 1 aliphatic rings. The molecular weight excluding hydrogens is 405 g/mol. The number of nitrogens with zero attached hydrogens (tertiary/aromatic N) is 2. The third-order valence-corrected chi connectivity index (χ3v) is 4.93. The summed E-state index contributed by atoms with van der Waals surface area (Å²) in [5, 5.41) is 2.23. The lowest BCUT2D eigenvalue weighted by atomic mass is 9.95. The average molecular weight is 419 g/mol. The number of anilines is 1. The van der Waals surface area contributed by atoms with Crippen LogP contribution in [0.2, 0.25) is 0 Å². The van der Waals surface area contributed by atoms with E-state index in [1.54, 1.807) is 0 Å². The van der Waals surface area contributed by atoms with Gasteiger partial charge in [-0.15, -0.1) is 0 Å². The lowest BCUT2D eigenvalue weighted by Gasteiger charge is -2.16. The number of amides is 1. The molecular formula is C21H14F5N3O. The van der Waals surface area contributed by atoms with E-state index in [-0.39, 0.29) is 16.9 Å². The molecule has 0 saturated heterocycles. The highest BCUT2D eigenvalue weighted by atomic mass is 19.4. The summed E-state index contributed by atoms with van der Waals surface area (Å²) < 4.78 is 68.0. The summed E-state index contributed by atoms with van der Waals surface area (Å²) in [6.07, 6.45) is 0.176. The Morgan fingerprint density at radius 1 is 0.967 bits per heavy atom. The number of benzene rings is 1. The van der Waals surface area contributed by atoms with Crippen LogP contribution in [0.1, 0.15) is 33.5 Å². The molecule has 154 valence electrons. The highest BCUT2D eigenvalue weighted by molar-refractivity contribution is 6.04. The Morgan fingerprint density at radius 3 is 2.23 bits per heavy atom. The SMILES string of the molecule is O=C(Nc1ccc(-c2cc3c(cc2C(F)(F)F)CCC3)cn1)c1c(F)cncc1F. The molecule has 0 bridgehead atoms. The maximum atomic E-state index is 13.7. The maximum absolute atomic E-state index is 13.7. The predicted octanol–water partition coefficient (Wildman–Crippen LogP) is 5.18. The van der Waals surface area contributed by atoms with Crippen molar-refractivity contribution in [2.75, 3.05) is 5.32 Å². The van der Waals surface area contributed by atoms with Crippen molar-refractivity contribution in [3.8, 4) is 11.1 Å². The number of rotatable bonds is 3. The van der Waals surface area contributed by atoms with E-state index in [0.29, 0.717) is 30.8 Å². The molecule has 0 unspecified atom stereocenters. The van der Waals surface area contributed by atoms with Crippen molar-refractivity contribution in [3.05, 3.63) is 76.7 Å². The molecule has 0 spiro atoms. The molecule has 4 nitrogen and oxygen atoms in total. The molecule has 0 atom stereocenters. The predicted molar refractivity (Wildman–Crippen MR) is 98.8 cm³/mol. The standard InChI is InChI=1S/C21H14F5N3O/c22-16-9-27-10-17(23)19(16)20(30)29-18-5-4-13(8-28-18)14-6-11-2-1-3-12(11)7-15(14)21(24,25)26/h4-10H,1-3H2,(H,28,29,30). The molecule has 30 heavy (non-hydrogen) atoms. The van der Waals surface area contributed by atoms with Crippen LogP contribution in [0.3, 0.4) is 0 Å². The van der Waals surface area contributed by atoms with Crippen LogP contribution in [0, 0.1) is 11.6 Å². The molecule has 2 aromatic heterocycles. The van der Waals surface area contributed by atoms with Crippen molar-refractivity contribution < 1.29 is 26.7 Å². The Balaban J connectivity index is 1.64. The third-order valence-electron chi connectivity index (χ3n) is 4.93. The van der Waals surface area contributed by atoms with Gasteiger partial charge in [0.05, 0.1) is 18.0 Å². The van der Waals surface area contributed by atoms with Crippen LogP contribution in [-0.2, 0) is 19.0 Å². The molecule has 2 heterocycles. The summed E-state index contributed by atoms with van der Waals surface area (Å²) in [4.78, 5) is 19.3. The lowest BCUT2D eigenvalue weighted by Crippen LogP contribution is -2.17. The van der Waals surface area contributed by atoms with Gasteiger partial charge < -0.3 is 5.32 Å². The summed E-state index contributed by atoms with van der Waals surface area (Å²) in [6, 6.07) is 5.36. The number of aryl methyl sites for hydroxylation is 2. The summed E-state index contributed by atoms with van der Waals surface area (Å²) in [6.45, 7) is 0. The van der Waals surface area contributed by atoms with E-state index in [1.165, 1.54) is 30.5 Å². The monoisotopic (exact) mass is 419 g/mol. The molecule has 4 rings (SSSR count). The van der Waals surface area contributed by atoms with Gasteiger partial charge in [0.2, 0.25) is 0 Å². The van der Waals surface area contributed by atoms with Crippen molar-refractivity contribution in [2.45, 2.75) is 25.4 Å². The summed E-state index contributed by atoms with van der Waals surface area (Å²) in [5.74, 6) is -3.43. The van der Waals surface area contributed by atoms with Crippen molar-refractivity contribution in [1.82, 2.24) is 9.97 Å². The summed E-state index contributed by atoms with van der Waals surface area (Å²) in [5.41, 5.74) is 0.218. The number of hydrogen-bond acceptors (Lipinski definition) is 3. The van der Waals surface area contributed by atoms with E-state index in [9.17, 15) is 26.7 Å². The molecule has 1 N–H and O–H groups in total. The second-order valence-corrected chi connectivity index (χ2v) is 6.88. The molecule has 0 radical (unpaired) electrons. The zero-order chi connectivity index (χ0) is 21.5. The Bertz CT molecular complexity index is 1110. The highest BCUT2D eigenvalue weighted by Crippen LogP contribution is 2.40. The van der Waals surface area contributed by atoms with Crippen LogP contribution in [0.25, 0.3) is 11.1 Å².